The smallest absolute Gasteiger partial charge is 0.161 e. The number of aromatic nitrogens is 4. The third-order valence-corrected chi connectivity index (χ3v) is 2.84. The average molecular weight is 235 g/mol. The molecule has 2 aromatic rings. The van der Waals surface area contributed by atoms with Gasteiger partial charge in [-0.3, -0.25) is 9.36 Å². The molecule has 2 rings (SSSR count). The second kappa shape index (κ2) is 4.58. The number of hydrogen-bond donors (Lipinski definition) is 1. The highest BCUT2D eigenvalue weighted by Gasteiger charge is 2.21. The normalized spacial score (nSPS) is 12.7. The van der Waals surface area contributed by atoms with Crippen molar-refractivity contribution in [3.05, 3.63) is 29.8 Å². The molecular formula is C11H17N5O. The largest absolute Gasteiger partial charge is 0.493 e. The van der Waals surface area contributed by atoms with Crippen LogP contribution in [0.3, 0.4) is 0 Å². The van der Waals surface area contributed by atoms with E-state index in [9.17, 15) is 0 Å². The SMILES string of the molecule is CCn1ncc(OC)c1C(N)c1ccnn1C. The lowest BCUT2D eigenvalue weighted by Gasteiger charge is -2.15. The van der Waals surface area contributed by atoms with Gasteiger partial charge >= 0.3 is 0 Å². The maximum atomic E-state index is 6.26. The van der Waals surface area contributed by atoms with Crippen molar-refractivity contribution in [3.8, 4) is 5.75 Å². The summed E-state index contributed by atoms with van der Waals surface area (Å²) in [6, 6.07) is 1.61. The Morgan fingerprint density at radius 3 is 2.76 bits per heavy atom. The summed E-state index contributed by atoms with van der Waals surface area (Å²) in [5.74, 6) is 0.709. The van der Waals surface area contributed by atoms with Gasteiger partial charge in [0.2, 0.25) is 0 Å². The molecule has 0 saturated carbocycles. The van der Waals surface area contributed by atoms with Crippen LogP contribution in [-0.4, -0.2) is 26.7 Å². The van der Waals surface area contributed by atoms with Crippen molar-refractivity contribution in [1.82, 2.24) is 19.6 Å². The van der Waals surface area contributed by atoms with E-state index in [-0.39, 0.29) is 6.04 Å². The fourth-order valence-corrected chi connectivity index (χ4v) is 1.93. The third kappa shape index (κ3) is 1.91. The predicted molar refractivity (Wildman–Crippen MR) is 63.7 cm³/mol. The van der Waals surface area contributed by atoms with Crippen LogP contribution >= 0.6 is 0 Å². The van der Waals surface area contributed by atoms with E-state index in [0.29, 0.717) is 5.75 Å². The fraction of sp³-hybridized carbons (Fsp3) is 0.455. The molecule has 17 heavy (non-hydrogen) atoms. The molecule has 0 spiro atoms. The summed E-state index contributed by atoms with van der Waals surface area (Å²) in [5.41, 5.74) is 8.06. The molecule has 0 aliphatic rings. The first kappa shape index (κ1) is 11.7. The van der Waals surface area contributed by atoms with Crippen LogP contribution < -0.4 is 10.5 Å². The molecule has 6 nitrogen and oxygen atoms in total. The van der Waals surface area contributed by atoms with Crippen molar-refractivity contribution < 1.29 is 4.74 Å². The minimum absolute atomic E-state index is 0.292. The molecular weight excluding hydrogens is 218 g/mol. The van der Waals surface area contributed by atoms with Crippen LogP contribution in [0.15, 0.2) is 18.5 Å². The minimum atomic E-state index is -0.292. The lowest BCUT2D eigenvalue weighted by molar-refractivity contribution is 0.403. The first-order chi connectivity index (χ1) is 8.19. The van der Waals surface area contributed by atoms with E-state index in [4.69, 9.17) is 10.5 Å². The Hall–Kier alpha value is -1.82. The maximum Gasteiger partial charge on any atom is 0.161 e. The van der Waals surface area contributed by atoms with Crippen LogP contribution in [0.25, 0.3) is 0 Å². The van der Waals surface area contributed by atoms with Crippen molar-refractivity contribution >= 4 is 0 Å². The lowest BCUT2D eigenvalue weighted by atomic mass is 10.1. The minimum Gasteiger partial charge on any atom is -0.493 e. The molecule has 0 bridgehead atoms. The Bertz CT molecular complexity index is 480. The molecule has 1 unspecified atom stereocenters. The first-order valence-corrected chi connectivity index (χ1v) is 5.52. The Balaban J connectivity index is 2.45. The van der Waals surface area contributed by atoms with E-state index in [1.54, 1.807) is 24.2 Å². The monoisotopic (exact) mass is 235 g/mol. The van der Waals surface area contributed by atoms with Gasteiger partial charge in [-0.1, -0.05) is 0 Å². The molecule has 0 fully saturated rings. The quantitative estimate of drug-likeness (QED) is 0.846. The van der Waals surface area contributed by atoms with Crippen LogP contribution in [0.5, 0.6) is 5.75 Å². The highest BCUT2D eigenvalue weighted by molar-refractivity contribution is 5.33. The fourth-order valence-electron chi connectivity index (χ4n) is 1.93. The van der Waals surface area contributed by atoms with Gasteiger partial charge in [-0.15, -0.1) is 0 Å². The van der Waals surface area contributed by atoms with Gasteiger partial charge in [0, 0.05) is 19.8 Å². The van der Waals surface area contributed by atoms with Crippen LogP contribution in [0.4, 0.5) is 0 Å². The Labute approximate surface area is 100.0 Å². The molecule has 92 valence electrons. The van der Waals surface area contributed by atoms with E-state index in [1.165, 1.54) is 0 Å². The van der Waals surface area contributed by atoms with Crippen LogP contribution in [-0.2, 0) is 13.6 Å². The number of rotatable bonds is 4. The van der Waals surface area contributed by atoms with E-state index in [1.807, 2.05) is 24.7 Å². The van der Waals surface area contributed by atoms with Crippen molar-refractivity contribution in [1.29, 1.82) is 0 Å². The zero-order chi connectivity index (χ0) is 12.4. The van der Waals surface area contributed by atoms with E-state index >= 15 is 0 Å². The number of methoxy groups -OCH3 is 1. The summed E-state index contributed by atoms with van der Waals surface area (Å²) < 4.78 is 8.90. The van der Waals surface area contributed by atoms with Gasteiger partial charge in [-0.05, 0) is 13.0 Å². The second-order valence-corrected chi connectivity index (χ2v) is 3.77. The lowest BCUT2D eigenvalue weighted by Crippen LogP contribution is -2.20. The van der Waals surface area contributed by atoms with Crippen molar-refractivity contribution in [2.45, 2.75) is 19.5 Å². The highest BCUT2D eigenvalue weighted by atomic mass is 16.5. The molecule has 1 atom stereocenters. The summed E-state index contributed by atoms with van der Waals surface area (Å²) >= 11 is 0. The van der Waals surface area contributed by atoms with Crippen LogP contribution in [0.1, 0.15) is 24.4 Å². The van der Waals surface area contributed by atoms with Gasteiger partial charge < -0.3 is 10.5 Å². The highest BCUT2D eigenvalue weighted by Crippen LogP contribution is 2.27. The molecule has 2 N–H and O–H groups in total. The molecule has 0 aliphatic carbocycles. The van der Waals surface area contributed by atoms with Gasteiger partial charge in [0.05, 0.1) is 25.0 Å². The number of nitrogens with two attached hydrogens (primary N) is 1. The molecule has 0 amide bonds. The summed E-state index contributed by atoms with van der Waals surface area (Å²) in [6.45, 7) is 2.77. The Morgan fingerprint density at radius 1 is 1.47 bits per heavy atom. The topological polar surface area (TPSA) is 70.9 Å². The van der Waals surface area contributed by atoms with E-state index in [2.05, 4.69) is 10.2 Å². The van der Waals surface area contributed by atoms with Gasteiger partial charge in [0.1, 0.15) is 5.69 Å². The summed E-state index contributed by atoms with van der Waals surface area (Å²) in [7, 11) is 3.49. The molecule has 0 radical (unpaired) electrons. The number of ether oxygens (including phenoxy) is 1. The predicted octanol–water partition coefficient (Wildman–Crippen LogP) is 0.693. The number of hydrogen-bond acceptors (Lipinski definition) is 4. The first-order valence-electron chi connectivity index (χ1n) is 5.52. The van der Waals surface area contributed by atoms with Gasteiger partial charge in [0.15, 0.2) is 5.75 Å². The van der Waals surface area contributed by atoms with Gasteiger partial charge in [-0.25, -0.2) is 0 Å². The Morgan fingerprint density at radius 2 is 2.24 bits per heavy atom. The number of aryl methyl sites for hydroxylation is 2. The molecule has 2 heterocycles. The van der Waals surface area contributed by atoms with Crippen LogP contribution in [0.2, 0.25) is 0 Å². The molecule has 6 heteroatoms. The van der Waals surface area contributed by atoms with Crippen LogP contribution in [0, 0.1) is 0 Å². The molecule has 2 aromatic heterocycles. The summed E-state index contributed by atoms with van der Waals surface area (Å²) in [4.78, 5) is 0. The average Bonchev–Trinajstić information content (AvgIpc) is 2.93. The second-order valence-electron chi connectivity index (χ2n) is 3.77. The maximum absolute atomic E-state index is 6.26. The van der Waals surface area contributed by atoms with Gasteiger partial charge in [0.25, 0.3) is 0 Å². The Kier molecular flexibility index (Phi) is 3.14. The summed E-state index contributed by atoms with van der Waals surface area (Å²) in [5, 5.41) is 8.37. The van der Waals surface area contributed by atoms with Gasteiger partial charge in [-0.2, -0.15) is 10.2 Å². The zero-order valence-corrected chi connectivity index (χ0v) is 10.3. The third-order valence-electron chi connectivity index (χ3n) is 2.84. The summed E-state index contributed by atoms with van der Waals surface area (Å²) in [6.07, 6.45) is 3.42. The van der Waals surface area contributed by atoms with Crippen molar-refractivity contribution in [2.75, 3.05) is 7.11 Å². The molecule has 0 aromatic carbocycles. The molecule has 0 aliphatic heterocycles. The van der Waals surface area contributed by atoms with Crippen molar-refractivity contribution in [2.24, 2.45) is 12.8 Å². The van der Waals surface area contributed by atoms with E-state index in [0.717, 1.165) is 17.9 Å². The zero-order valence-electron chi connectivity index (χ0n) is 10.3. The molecule has 0 saturated heterocycles. The number of nitrogens with zero attached hydrogens (tertiary/aromatic N) is 4. The standard InChI is InChI=1S/C11H17N5O/c1-4-16-11(9(17-3)7-14-16)10(12)8-5-6-13-15(8)2/h5-7,10H,4,12H2,1-3H3. The van der Waals surface area contributed by atoms with E-state index < -0.39 is 0 Å². The van der Waals surface area contributed by atoms with Crippen molar-refractivity contribution in [3.63, 3.8) is 0 Å².